The molecule has 1 aliphatic heterocycles. The van der Waals surface area contributed by atoms with Crippen molar-refractivity contribution in [2.45, 2.75) is 12.5 Å². The van der Waals surface area contributed by atoms with E-state index < -0.39 is 12.1 Å². The van der Waals surface area contributed by atoms with Crippen LogP contribution in [0.4, 0.5) is 0 Å². The average Bonchev–Trinajstić information content (AvgIpc) is 2.59. The summed E-state index contributed by atoms with van der Waals surface area (Å²) >= 11 is 0. The number of rotatable bonds is 2. The van der Waals surface area contributed by atoms with Crippen LogP contribution in [-0.2, 0) is 11.2 Å². The van der Waals surface area contributed by atoms with Gasteiger partial charge in [0.05, 0.1) is 0 Å². The number of hydrogen-bond donors (Lipinski definition) is 1. The Bertz CT molecular complexity index is 397. The first kappa shape index (κ1) is 8.74. The first-order chi connectivity index (χ1) is 6.70. The molecular weight excluding hydrogens is 184 g/mol. The van der Waals surface area contributed by atoms with Crippen molar-refractivity contribution in [2.24, 2.45) is 0 Å². The molecule has 0 saturated carbocycles. The topological polar surface area (TPSA) is 63.6 Å². The molecule has 0 aliphatic carbocycles. The van der Waals surface area contributed by atoms with Gasteiger partial charge in [0.25, 0.3) is 0 Å². The molecular formula is C10H8O4. The van der Waals surface area contributed by atoms with Gasteiger partial charge in [-0.3, -0.25) is 4.79 Å². The molecule has 72 valence electrons. The van der Waals surface area contributed by atoms with E-state index in [4.69, 9.17) is 9.84 Å². The smallest absolute Gasteiger partial charge is 0.345 e. The Kier molecular flexibility index (Phi) is 1.96. The number of carbonyl (C=O) groups is 2. The molecule has 0 amide bonds. The second kappa shape index (κ2) is 3.14. The van der Waals surface area contributed by atoms with E-state index in [1.165, 1.54) is 0 Å². The fourth-order valence-electron chi connectivity index (χ4n) is 1.48. The van der Waals surface area contributed by atoms with Gasteiger partial charge in [0, 0.05) is 12.0 Å². The van der Waals surface area contributed by atoms with Crippen LogP contribution < -0.4 is 4.74 Å². The number of benzene rings is 1. The van der Waals surface area contributed by atoms with Gasteiger partial charge in [0.15, 0.2) is 6.10 Å². The number of aldehydes is 1. The molecule has 2 rings (SSSR count). The largest absolute Gasteiger partial charge is 0.478 e. The third kappa shape index (κ3) is 1.35. The van der Waals surface area contributed by atoms with Crippen LogP contribution in [-0.4, -0.2) is 23.5 Å². The molecule has 0 fully saturated rings. The zero-order chi connectivity index (χ0) is 10.1. The highest BCUT2D eigenvalue weighted by atomic mass is 16.5. The van der Waals surface area contributed by atoms with E-state index in [0.29, 0.717) is 17.7 Å². The third-order valence-corrected chi connectivity index (χ3v) is 2.17. The van der Waals surface area contributed by atoms with Crippen LogP contribution in [0.1, 0.15) is 15.9 Å². The summed E-state index contributed by atoms with van der Waals surface area (Å²) in [4.78, 5) is 21.1. The van der Waals surface area contributed by atoms with Gasteiger partial charge >= 0.3 is 5.97 Å². The molecule has 14 heavy (non-hydrogen) atoms. The van der Waals surface area contributed by atoms with E-state index in [0.717, 1.165) is 11.8 Å². The minimum atomic E-state index is -0.978. The zero-order valence-electron chi connectivity index (χ0n) is 7.27. The maximum Gasteiger partial charge on any atom is 0.345 e. The van der Waals surface area contributed by atoms with E-state index in [1.807, 2.05) is 0 Å². The minimum Gasteiger partial charge on any atom is -0.478 e. The predicted octanol–water partition coefficient (Wildman–Crippen LogP) is 0.887. The zero-order valence-corrected chi connectivity index (χ0v) is 7.27. The van der Waals surface area contributed by atoms with E-state index in [9.17, 15) is 9.59 Å². The predicted molar refractivity (Wildman–Crippen MR) is 47.6 cm³/mol. The van der Waals surface area contributed by atoms with Crippen molar-refractivity contribution in [3.63, 3.8) is 0 Å². The molecule has 0 saturated heterocycles. The molecule has 1 aliphatic rings. The summed E-state index contributed by atoms with van der Waals surface area (Å²) in [5, 5.41) is 8.72. The second-order valence-electron chi connectivity index (χ2n) is 3.13. The Labute approximate surface area is 80.1 Å². The monoisotopic (exact) mass is 192 g/mol. The van der Waals surface area contributed by atoms with Gasteiger partial charge in [-0.1, -0.05) is 0 Å². The highest BCUT2D eigenvalue weighted by molar-refractivity contribution is 5.78. The van der Waals surface area contributed by atoms with E-state index >= 15 is 0 Å². The lowest BCUT2D eigenvalue weighted by molar-refractivity contribution is -0.144. The molecule has 4 heteroatoms. The summed E-state index contributed by atoms with van der Waals surface area (Å²) in [6, 6.07) is 4.89. The highest BCUT2D eigenvalue weighted by Crippen LogP contribution is 2.29. The molecule has 1 heterocycles. The van der Waals surface area contributed by atoms with Crippen LogP contribution in [0.5, 0.6) is 5.75 Å². The van der Waals surface area contributed by atoms with Crippen molar-refractivity contribution in [3.8, 4) is 5.75 Å². The number of aliphatic carboxylic acids is 1. The van der Waals surface area contributed by atoms with Crippen LogP contribution in [0.15, 0.2) is 18.2 Å². The van der Waals surface area contributed by atoms with Crippen LogP contribution in [0.25, 0.3) is 0 Å². The van der Waals surface area contributed by atoms with Gasteiger partial charge < -0.3 is 9.84 Å². The molecule has 4 nitrogen and oxygen atoms in total. The number of fused-ring (bicyclic) bond motifs is 1. The van der Waals surface area contributed by atoms with Crippen molar-refractivity contribution in [1.82, 2.24) is 0 Å². The lowest BCUT2D eigenvalue weighted by atomic mass is 10.1. The second-order valence-corrected chi connectivity index (χ2v) is 3.13. The number of carbonyl (C=O) groups excluding carboxylic acids is 1. The Balaban J connectivity index is 2.31. The summed E-state index contributed by atoms with van der Waals surface area (Å²) in [6.45, 7) is 0. The van der Waals surface area contributed by atoms with E-state index in [1.54, 1.807) is 18.2 Å². The fourth-order valence-corrected chi connectivity index (χ4v) is 1.48. The van der Waals surface area contributed by atoms with Crippen LogP contribution in [0, 0.1) is 0 Å². The molecule has 0 radical (unpaired) electrons. The Hall–Kier alpha value is -1.84. The highest BCUT2D eigenvalue weighted by Gasteiger charge is 2.28. The lowest BCUT2D eigenvalue weighted by Gasteiger charge is -2.02. The summed E-state index contributed by atoms with van der Waals surface area (Å²) in [5.41, 5.74) is 1.32. The Morgan fingerprint density at radius 2 is 2.36 bits per heavy atom. The minimum absolute atomic E-state index is 0.326. The van der Waals surface area contributed by atoms with Crippen molar-refractivity contribution in [2.75, 3.05) is 0 Å². The summed E-state index contributed by atoms with van der Waals surface area (Å²) in [7, 11) is 0. The number of ether oxygens (including phenoxy) is 1. The molecule has 1 aromatic carbocycles. The van der Waals surface area contributed by atoms with Gasteiger partial charge in [0.2, 0.25) is 0 Å². The van der Waals surface area contributed by atoms with Crippen LogP contribution in [0.2, 0.25) is 0 Å². The van der Waals surface area contributed by atoms with Crippen molar-refractivity contribution in [3.05, 3.63) is 29.3 Å². The van der Waals surface area contributed by atoms with Crippen molar-refractivity contribution >= 4 is 12.3 Å². The van der Waals surface area contributed by atoms with Crippen molar-refractivity contribution in [1.29, 1.82) is 0 Å². The van der Waals surface area contributed by atoms with E-state index in [-0.39, 0.29) is 0 Å². The SMILES string of the molecule is O=Cc1ccc2c(c1)C[C@H](C(=O)O)O2. The van der Waals surface area contributed by atoms with Gasteiger partial charge in [-0.05, 0) is 23.8 Å². The van der Waals surface area contributed by atoms with Crippen molar-refractivity contribution < 1.29 is 19.4 Å². The normalized spacial score (nSPS) is 18.4. The van der Waals surface area contributed by atoms with Gasteiger partial charge in [-0.2, -0.15) is 0 Å². The third-order valence-electron chi connectivity index (χ3n) is 2.17. The molecule has 0 unspecified atom stereocenters. The fraction of sp³-hybridized carbons (Fsp3) is 0.200. The first-order valence-electron chi connectivity index (χ1n) is 4.18. The lowest BCUT2D eigenvalue weighted by Crippen LogP contribution is -2.24. The maximum atomic E-state index is 10.6. The molecule has 0 spiro atoms. The molecule has 0 aromatic heterocycles. The van der Waals surface area contributed by atoms with Crippen LogP contribution in [0.3, 0.4) is 0 Å². The average molecular weight is 192 g/mol. The summed E-state index contributed by atoms with van der Waals surface area (Å²) < 4.78 is 5.15. The number of hydrogen-bond acceptors (Lipinski definition) is 3. The summed E-state index contributed by atoms with van der Waals surface area (Å²) in [6.07, 6.45) is 0.243. The quantitative estimate of drug-likeness (QED) is 0.706. The maximum absolute atomic E-state index is 10.6. The summed E-state index contributed by atoms with van der Waals surface area (Å²) in [5.74, 6) is -0.420. The van der Waals surface area contributed by atoms with Gasteiger partial charge in [-0.25, -0.2) is 4.79 Å². The first-order valence-corrected chi connectivity index (χ1v) is 4.18. The Morgan fingerprint density at radius 3 is 3.00 bits per heavy atom. The molecule has 1 aromatic rings. The standard InChI is InChI=1S/C10H8O4/c11-5-6-1-2-8-7(3-6)4-9(14-8)10(12)13/h1-3,5,9H,4H2,(H,12,13)/t9-/m1/s1. The molecule has 1 N–H and O–H groups in total. The Morgan fingerprint density at radius 1 is 1.57 bits per heavy atom. The molecule has 1 atom stereocenters. The number of carboxylic acid groups (broad SMARTS) is 1. The number of carboxylic acids is 1. The van der Waals surface area contributed by atoms with Crippen LogP contribution >= 0.6 is 0 Å². The van der Waals surface area contributed by atoms with E-state index in [2.05, 4.69) is 0 Å². The van der Waals surface area contributed by atoms with Gasteiger partial charge in [-0.15, -0.1) is 0 Å². The van der Waals surface area contributed by atoms with Gasteiger partial charge in [0.1, 0.15) is 12.0 Å². The molecule has 0 bridgehead atoms.